The van der Waals surface area contributed by atoms with E-state index in [2.05, 4.69) is 52.9 Å². The molecular weight excluding hydrogens is 312 g/mol. The average Bonchev–Trinajstić information content (AvgIpc) is 3.10. The molecule has 3 aromatic rings. The molecule has 1 fully saturated rings. The maximum absolute atomic E-state index is 5.59. The van der Waals surface area contributed by atoms with Crippen molar-refractivity contribution < 1.29 is 4.74 Å². The number of likely N-dealkylation sites (N-methyl/N-ethyl adjacent to an activating group) is 1. The van der Waals surface area contributed by atoms with Gasteiger partial charge in [0.2, 0.25) is 0 Å². The largest absolute Gasteiger partial charge is 0.381 e. The Morgan fingerprint density at radius 2 is 1.92 bits per heavy atom. The Labute approximate surface area is 148 Å². The van der Waals surface area contributed by atoms with Crippen LogP contribution in [0.4, 0.5) is 0 Å². The third-order valence-electron chi connectivity index (χ3n) is 5.38. The van der Waals surface area contributed by atoms with Crippen LogP contribution in [-0.4, -0.2) is 52.3 Å². The monoisotopic (exact) mass is 336 g/mol. The standard InChI is InChI=1S/C20H24N4O/c1-23(2)20(9-13-25-14-10-20)15-24-12-11-21-19(24)18-8-7-16-5-3-4-6-17(16)22-18/h3-8,11-12H,9-10,13-15H2,1-2H3. The van der Waals surface area contributed by atoms with E-state index >= 15 is 0 Å². The zero-order chi connectivity index (χ0) is 17.3. The van der Waals surface area contributed by atoms with Crippen LogP contribution in [0.3, 0.4) is 0 Å². The number of para-hydroxylation sites is 1. The number of rotatable bonds is 4. The van der Waals surface area contributed by atoms with Crippen molar-refractivity contribution in [2.24, 2.45) is 0 Å². The van der Waals surface area contributed by atoms with Crippen LogP contribution in [0, 0.1) is 0 Å². The van der Waals surface area contributed by atoms with Crippen LogP contribution in [0.2, 0.25) is 0 Å². The minimum atomic E-state index is 0.102. The number of aromatic nitrogens is 3. The van der Waals surface area contributed by atoms with Crippen molar-refractivity contribution in [1.29, 1.82) is 0 Å². The van der Waals surface area contributed by atoms with Gasteiger partial charge in [-0.3, -0.25) is 0 Å². The maximum Gasteiger partial charge on any atom is 0.158 e. The third kappa shape index (κ3) is 3.05. The molecule has 1 aliphatic rings. The van der Waals surface area contributed by atoms with Crippen molar-refractivity contribution in [3.05, 3.63) is 48.8 Å². The minimum absolute atomic E-state index is 0.102. The molecule has 0 amide bonds. The second-order valence-electron chi connectivity index (χ2n) is 7.00. The van der Waals surface area contributed by atoms with E-state index in [0.29, 0.717) is 0 Å². The molecule has 1 saturated heterocycles. The van der Waals surface area contributed by atoms with Gasteiger partial charge in [0.25, 0.3) is 0 Å². The summed E-state index contributed by atoms with van der Waals surface area (Å²) in [5.41, 5.74) is 2.03. The molecule has 0 bridgehead atoms. The van der Waals surface area contributed by atoms with Gasteiger partial charge in [-0.25, -0.2) is 9.97 Å². The van der Waals surface area contributed by atoms with Gasteiger partial charge in [0.05, 0.1) is 5.52 Å². The Bertz CT molecular complexity index is 865. The number of nitrogens with zero attached hydrogens (tertiary/aromatic N) is 4. The van der Waals surface area contributed by atoms with Crippen molar-refractivity contribution in [1.82, 2.24) is 19.4 Å². The Kier molecular flexibility index (Phi) is 4.27. The van der Waals surface area contributed by atoms with Gasteiger partial charge >= 0.3 is 0 Å². The highest BCUT2D eigenvalue weighted by molar-refractivity contribution is 5.80. The van der Waals surface area contributed by atoms with Gasteiger partial charge < -0.3 is 14.2 Å². The first-order valence-electron chi connectivity index (χ1n) is 8.80. The topological polar surface area (TPSA) is 43.2 Å². The molecule has 0 saturated carbocycles. The highest BCUT2D eigenvalue weighted by atomic mass is 16.5. The van der Waals surface area contributed by atoms with Crippen LogP contribution in [-0.2, 0) is 11.3 Å². The number of hydrogen-bond donors (Lipinski definition) is 0. The summed E-state index contributed by atoms with van der Waals surface area (Å²) >= 11 is 0. The first-order chi connectivity index (χ1) is 12.2. The summed E-state index contributed by atoms with van der Waals surface area (Å²) in [6, 6.07) is 12.4. The van der Waals surface area contributed by atoms with Gasteiger partial charge in [-0.05, 0) is 39.1 Å². The smallest absolute Gasteiger partial charge is 0.158 e. The van der Waals surface area contributed by atoms with E-state index in [4.69, 9.17) is 9.72 Å². The highest BCUT2D eigenvalue weighted by Crippen LogP contribution is 2.30. The van der Waals surface area contributed by atoms with Crippen molar-refractivity contribution in [2.75, 3.05) is 27.3 Å². The van der Waals surface area contributed by atoms with Gasteiger partial charge in [0, 0.05) is 43.1 Å². The summed E-state index contributed by atoms with van der Waals surface area (Å²) in [7, 11) is 4.33. The van der Waals surface area contributed by atoms with E-state index in [1.54, 1.807) is 0 Å². The molecule has 1 aliphatic heterocycles. The number of ether oxygens (including phenoxy) is 1. The molecule has 0 unspecified atom stereocenters. The van der Waals surface area contributed by atoms with Crippen LogP contribution in [0.15, 0.2) is 48.8 Å². The van der Waals surface area contributed by atoms with Crippen LogP contribution in [0.1, 0.15) is 12.8 Å². The maximum atomic E-state index is 5.59. The summed E-state index contributed by atoms with van der Waals surface area (Å²) in [5.74, 6) is 0.929. The van der Waals surface area contributed by atoms with Crippen LogP contribution < -0.4 is 0 Å². The van der Waals surface area contributed by atoms with E-state index < -0.39 is 0 Å². The molecule has 25 heavy (non-hydrogen) atoms. The number of imidazole rings is 1. The Hall–Kier alpha value is -2.24. The summed E-state index contributed by atoms with van der Waals surface area (Å²) in [6.45, 7) is 2.53. The fourth-order valence-corrected chi connectivity index (χ4v) is 3.68. The highest BCUT2D eigenvalue weighted by Gasteiger charge is 2.35. The minimum Gasteiger partial charge on any atom is -0.381 e. The average molecular weight is 336 g/mol. The Morgan fingerprint density at radius 1 is 1.12 bits per heavy atom. The second kappa shape index (κ2) is 6.58. The molecule has 5 nitrogen and oxygen atoms in total. The molecule has 3 heterocycles. The first kappa shape index (κ1) is 16.2. The van der Waals surface area contributed by atoms with Gasteiger partial charge in [-0.1, -0.05) is 24.3 Å². The SMILES string of the molecule is CN(C)C1(Cn2ccnc2-c2ccc3ccccc3n2)CCOCC1. The van der Waals surface area contributed by atoms with E-state index in [-0.39, 0.29) is 5.54 Å². The lowest BCUT2D eigenvalue weighted by atomic mass is 9.88. The lowest BCUT2D eigenvalue weighted by Crippen LogP contribution is -2.51. The number of pyridine rings is 1. The molecule has 130 valence electrons. The fourth-order valence-electron chi connectivity index (χ4n) is 3.68. The normalized spacial score (nSPS) is 17.2. The summed E-state index contributed by atoms with van der Waals surface area (Å²) in [4.78, 5) is 11.8. The molecule has 0 aliphatic carbocycles. The van der Waals surface area contributed by atoms with E-state index in [1.807, 2.05) is 24.4 Å². The lowest BCUT2D eigenvalue weighted by molar-refractivity contribution is -0.0163. The van der Waals surface area contributed by atoms with Crippen molar-refractivity contribution in [3.63, 3.8) is 0 Å². The molecule has 1 aromatic carbocycles. The Balaban J connectivity index is 1.69. The Morgan fingerprint density at radius 3 is 2.72 bits per heavy atom. The molecular formula is C20H24N4O. The van der Waals surface area contributed by atoms with Gasteiger partial charge in [0.15, 0.2) is 5.82 Å². The van der Waals surface area contributed by atoms with Gasteiger partial charge in [0.1, 0.15) is 5.69 Å². The van der Waals surface area contributed by atoms with Crippen molar-refractivity contribution >= 4 is 10.9 Å². The zero-order valence-electron chi connectivity index (χ0n) is 14.9. The fraction of sp³-hybridized carbons (Fsp3) is 0.400. The van der Waals surface area contributed by atoms with Crippen molar-refractivity contribution in [2.45, 2.75) is 24.9 Å². The number of hydrogen-bond acceptors (Lipinski definition) is 4. The van der Waals surface area contributed by atoms with E-state index in [1.165, 1.54) is 0 Å². The predicted molar refractivity (Wildman–Crippen MR) is 99.4 cm³/mol. The molecule has 0 N–H and O–H groups in total. The number of benzene rings is 1. The third-order valence-corrected chi connectivity index (χ3v) is 5.38. The molecule has 0 atom stereocenters. The van der Waals surface area contributed by atoms with Gasteiger partial charge in [-0.15, -0.1) is 0 Å². The van der Waals surface area contributed by atoms with Crippen LogP contribution >= 0.6 is 0 Å². The quantitative estimate of drug-likeness (QED) is 0.734. The predicted octanol–water partition coefficient (Wildman–Crippen LogP) is 3.21. The van der Waals surface area contributed by atoms with Crippen molar-refractivity contribution in [3.8, 4) is 11.5 Å². The molecule has 5 heteroatoms. The van der Waals surface area contributed by atoms with Gasteiger partial charge in [-0.2, -0.15) is 0 Å². The zero-order valence-corrected chi connectivity index (χ0v) is 14.9. The molecule has 4 rings (SSSR count). The van der Waals surface area contributed by atoms with Crippen LogP contribution in [0.25, 0.3) is 22.4 Å². The number of fused-ring (bicyclic) bond motifs is 1. The summed E-state index contributed by atoms with van der Waals surface area (Å²) in [6.07, 6.45) is 5.99. The molecule has 0 radical (unpaired) electrons. The van der Waals surface area contributed by atoms with Crippen LogP contribution in [0.5, 0.6) is 0 Å². The molecule has 0 spiro atoms. The van der Waals surface area contributed by atoms with E-state index in [9.17, 15) is 0 Å². The summed E-state index contributed by atoms with van der Waals surface area (Å²) in [5, 5.41) is 1.15. The lowest BCUT2D eigenvalue weighted by Gasteiger charge is -2.43. The summed E-state index contributed by atoms with van der Waals surface area (Å²) < 4.78 is 7.83. The second-order valence-corrected chi connectivity index (χ2v) is 7.00. The van der Waals surface area contributed by atoms with E-state index in [0.717, 1.165) is 55.0 Å². The molecule has 2 aromatic heterocycles. The first-order valence-corrected chi connectivity index (χ1v) is 8.80.